The first-order valence-corrected chi connectivity index (χ1v) is 14.9. The topological polar surface area (TPSA) is 84.4 Å². The van der Waals surface area contributed by atoms with Crippen LogP contribution in [-0.2, 0) is 24.4 Å². The van der Waals surface area contributed by atoms with Gasteiger partial charge in [-0.15, -0.1) is 17.0 Å². The third-order valence-electron chi connectivity index (χ3n) is 7.40. The van der Waals surface area contributed by atoms with Crippen LogP contribution in [0.15, 0.2) is 91.1 Å². The van der Waals surface area contributed by atoms with Crippen molar-refractivity contribution in [2.24, 2.45) is 0 Å². The Balaban J connectivity index is 0.00000461. The van der Waals surface area contributed by atoms with E-state index in [-0.39, 0.29) is 29.5 Å². The zero-order chi connectivity index (χ0) is 30.7. The van der Waals surface area contributed by atoms with Crippen LogP contribution in [0, 0.1) is 0 Å². The molecule has 3 aromatic carbocycles. The second-order valence-electron chi connectivity index (χ2n) is 10.4. The highest BCUT2D eigenvalue weighted by Gasteiger charge is 2.19. The van der Waals surface area contributed by atoms with Gasteiger partial charge in [0.2, 0.25) is 11.8 Å². The monoisotopic (exact) mass is 693 g/mol. The number of hydrogen-bond acceptors (Lipinski definition) is 7. The van der Waals surface area contributed by atoms with E-state index in [1.54, 1.807) is 43.7 Å². The van der Waals surface area contributed by atoms with Gasteiger partial charge in [-0.05, 0) is 53.5 Å². The number of halogens is 2. The van der Waals surface area contributed by atoms with E-state index < -0.39 is 0 Å². The van der Waals surface area contributed by atoms with Crippen LogP contribution in [0.2, 0.25) is 5.02 Å². The molecule has 1 aromatic heterocycles. The minimum atomic E-state index is -0.0154. The molecular weight excluding hydrogens is 658 g/mol. The standard InChI is InChI=1S/C35H36ClN3O5.BrH/c1-42-33-22-27(10-13-32(33)44-34-14-12-30(23-37-34)43-25-29-4-2-3-5-31(29)36)11-15-35(41)39-19-17-38(18-20-39)24-28-8-6-26(7-9-28)16-21-40;/h2-15,22-23,40H,16-21,24-25H2,1H3;1H/b15-11+;. The van der Waals surface area contributed by atoms with Crippen LogP contribution in [0.3, 0.4) is 0 Å². The quantitative estimate of drug-likeness (QED) is 0.168. The Hall–Kier alpha value is -3.89. The van der Waals surface area contributed by atoms with E-state index in [2.05, 4.69) is 34.1 Å². The molecule has 0 aliphatic carbocycles. The predicted molar refractivity (Wildman–Crippen MR) is 182 cm³/mol. The smallest absolute Gasteiger partial charge is 0.246 e. The number of hydrogen-bond donors (Lipinski definition) is 1. The van der Waals surface area contributed by atoms with Crippen LogP contribution in [0.5, 0.6) is 23.1 Å². The van der Waals surface area contributed by atoms with Gasteiger partial charge in [-0.2, -0.15) is 0 Å². The Kier molecular flexibility index (Phi) is 12.8. The Morgan fingerprint density at radius 3 is 2.40 bits per heavy atom. The average molecular weight is 695 g/mol. The summed E-state index contributed by atoms with van der Waals surface area (Å²) in [5.74, 6) is 2.01. The molecular formula is C35H37BrClN3O5. The molecule has 4 aromatic rings. The van der Waals surface area contributed by atoms with E-state index in [9.17, 15) is 4.79 Å². The van der Waals surface area contributed by atoms with Crippen molar-refractivity contribution in [1.29, 1.82) is 0 Å². The Morgan fingerprint density at radius 1 is 0.956 bits per heavy atom. The minimum absolute atomic E-state index is 0. The molecule has 1 aliphatic heterocycles. The molecule has 0 unspecified atom stereocenters. The number of methoxy groups -OCH3 is 1. The number of nitrogens with zero attached hydrogens (tertiary/aromatic N) is 3. The van der Waals surface area contributed by atoms with Gasteiger partial charge in [0.15, 0.2) is 11.5 Å². The van der Waals surface area contributed by atoms with Crippen LogP contribution >= 0.6 is 28.6 Å². The molecule has 0 spiro atoms. The summed E-state index contributed by atoms with van der Waals surface area (Å²) in [5.41, 5.74) is 4.09. The third kappa shape index (κ3) is 9.80. The normalized spacial score (nSPS) is 13.4. The summed E-state index contributed by atoms with van der Waals surface area (Å²) in [4.78, 5) is 21.5. The van der Waals surface area contributed by atoms with Gasteiger partial charge < -0.3 is 24.2 Å². The van der Waals surface area contributed by atoms with E-state index in [4.69, 9.17) is 30.9 Å². The molecule has 0 saturated carbocycles. The lowest BCUT2D eigenvalue weighted by Gasteiger charge is -2.34. The first kappa shape index (κ1) is 34.0. The van der Waals surface area contributed by atoms with Crippen molar-refractivity contribution in [1.82, 2.24) is 14.8 Å². The van der Waals surface area contributed by atoms with Crippen molar-refractivity contribution >= 4 is 40.6 Å². The fraction of sp³-hybridized carbons (Fsp3) is 0.257. The molecule has 0 radical (unpaired) electrons. The number of pyridine rings is 1. The zero-order valence-corrected chi connectivity index (χ0v) is 27.6. The van der Waals surface area contributed by atoms with Gasteiger partial charge in [0.25, 0.3) is 0 Å². The van der Waals surface area contributed by atoms with Crippen LogP contribution in [0.4, 0.5) is 0 Å². The Bertz CT molecular complexity index is 1560. The van der Waals surface area contributed by atoms with Gasteiger partial charge in [-0.3, -0.25) is 9.69 Å². The molecule has 10 heteroatoms. The highest BCUT2D eigenvalue weighted by atomic mass is 79.9. The summed E-state index contributed by atoms with van der Waals surface area (Å²) in [5, 5.41) is 9.75. The number of aliphatic hydroxyl groups excluding tert-OH is 1. The average Bonchev–Trinajstić information content (AvgIpc) is 3.06. The third-order valence-corrected chi connectivity index (χ3v) is 7.76. The summed E-state index contributed by atoms with van der Waals surface area (Å²) in [6, 6.07) is 24.9. The number of carbonyl (C=O) groups is 1. The highest BCUT2D eigenvalue weighted by Crippen LogP contribution is 2.32. The van der Waals surface area contributed by atoms with Crippen LogP contribution < -0.4 is 14.2 Å². The molecule has 1 fully saturated rings. The second-order valence-corrected chi connectivity index (χ2v) is 10.9. The van der Waals surface area contributed by atoms with Crippen LogP contribution in [0.1, 0.15) is 22.3 Å². The van der Waals surface area contributed by atoms with Crippen molar-refractivity contribution in [2.45, 2.75) is 19.6 Å². The minimum Gasteiger partial charge on any atom is -0.493 e. The lowest BCUT2D eigenvalue weighted by atomic mass is 10.1. The molecule has 1 N–H and O–H groups in total. The first-order chi connectivity index (χ1) is 21.5. The summed E-state index contributed by atoms with van der Waals surface area (Å²) in [6.07, 6.45) is 5.67. The fourth-order valence-corrected chi connectivity index (χ4v) is 5.06. The van der Waals surface area contributed by atoms with Gasteiger partial charge in [0.1, 0.15) is 12.4 Å². The molecule has 0 atom stereocenters. The zero-order valence-electron chi connectivity index (χ0n) is 25.1. The molecule has 1 aliphatic rings. The Morgan fingerprint density at radius 2 is 1.71 bits per heavy atom. The number of amides is 1. The van der Waals surface area contributed by atoms with Gasteiger partial charge in [0, 0.05) is 62.1 Å². The van der Waals surface area contributed by atoms with Crippen molar-refractivity contribution in [2.75, 3.05) is 39.9 Å². The van der Waals surface area contributed by atoms with Crippen LogP contribution in [0.25, 0.3) is 6.08 Å². The summed E-state index contributed by atoms with van der Waals surface area (Å²) < 4.78 is 17.3. The number of carbonyl (C=O) groups excluding carboxylic acids is 1. The van der Waals surface area contributed by atoms with Crippen molar-refractivity contribution in [3.63, 3.8) is 0 Å². The Labute approximate surface area is 279 Å². The van der Waals surface area contributed by atoms with Crippen LogP contribution in [-0.4, -0.2) is 65.7 Å². The van der Waals surface area contributed by atoms with Gasteiger partial charge in [-0.1, -0.05) is 60.1 Å². The number of rotatable bonds is 12. The summed E-state index contributed by atoms with van der Waals surface area (Å²) in [7, 11) is 1.57. The number of aliphatic hydroxyl groups is 1. The first-order valence-electron chi connectivity index (χ1n) is 14.6. The molecule has 8 nitrogen and oxygen atoms in total. The van der Waals surface area contributed by atoms with Gasteiger partial charge >= 0.3 is 0 Å². The molecule has 1 saturated heterocycles. The van der Waals surface area contributed by atoms with E-state index >= 15 is 0 Å². The molecule has 0 bridgehead atoms. The van der Waals surface area contributed by atoms with Gasteiger partial charge in [0.05, 0.1) is 13.3 Å². The number of benzene rings is 3. The molecule has 1 amide bonds. The van der Waals surface area contributed by atoms with Crippen molar-refractivity contribution in [3.8, 4) is 23.1 Å². The van der Waals surface area contributed by atoms with E-state index in [0.717, 1.165) is 36.3 Å². The molecule has 236 valence electrons. The molecule has 45 heavy (non-hydrogen) atoms. The highest BCUT2D eigenvalue weighted by molar-refractivity contribution is 8.93. The maximum absolute atomic E-state index is 12.9. The maximum atomic E-state index is 12.9. The van der Waals surface area contributed by atoms with E-state index in [1.807, 2.05) is 41.3 Å². The largest absolute Gasteiger partial charge is 0.493 e. The maximum Gasteiger partial charge on any atom is 0.246 e. The molecule has 2 heterocycles. The number of piperazine rings is 1. The van der Waals surface area contributed by atoms with E-state index in [0.29, 0.717) is 54.3 Å². The number of ether oxygens (including phenoxy) is 3. The number of aromatic nitrogens is 1. The van der Waals surface area contributed by atoms with Crippen molar-refractivity contribution < 1.29 is 24.1 Å². The van der Waals surface area contributed by atoms with Gasteiger partial charge in [-0.25, -0.2) is 4.98 Å². The SMILES string of the molecule is Br.COc1cc(/C=C/C(=O)N2CCN(Cc3ccc(CCO)cc3)CC2)ccc1Oc1ccc(OCc2ccccc2Cl)cn1. The lowest BCUT2D eigenvalue weighted by Crippen LogP contribution is -2.47. The second kappa shape index (κ2) is 17.0. The summed E-state index contributed by atoms with van der Waals surface area (Å²) >= 11 is 6.20. The lowest BCUT2D eigenvalue weighted by molar-refractivity contribution is -0.127. The summed E-state index contributed by atoms with van der Waals surface area (Å²) in [6.45, 7) is 4.35. The van der Waals surface area contributed by atoms with E-state index in [1.165, 1.54) is 5.56 Å². The molecule has 5 rings (SSSR count). The predicted octanol–water partition coefficient (Wildman–Crippen LogP) is 6.59. The fourth-order valence-electron chi connectivity index (χ4n) is 4.87. The van der Waals surface area contributed by atoms with Crippen molar-refractivity contribution in [3.05, 3.63) is 118 Å².